The zero-order chi connectivity index (χ0) is 14.4. The molecule has 0 saturated carbocycles. The van der Waals surface area contributed by atoms with Gasteiger partial charge in [0.05, 0.1) is 5.92 Å². The first-order chi connectivity index (χ1) is 8.99. The minimum absolute atomic E-state index is 0.0330. The van der Waals surface area contributed by atoms with Crippen LogP contribution in [0.15, 0.2) is 23.4 Å². The molecule has 0 aliphatic heterocycles. The molecule has 0 fully saturated rings. The standard InChI is InChI=1S/C12H15F2N3O2/c1-2-8(11(15)17-19)12(18)16-6-7-3-4-9(13)10(14)5-7/h3-5,8,19H,2,6H2,1H3,(H2,15,17)(H,16,18). The summed E-state index contributed by atoms with van der Waals surface area (Å²) in [5.74, 6) is -3.31. The Hall–Kier alpha value is -2.18. The molecule has 1 aromatic carbocycles. The quantitative estimate of drug-likeness (QED) is 0.327. The molecule has 4 N–H and O–H groups in total. The maximum atomic E-state index is 13.0. The second kappa shape index (κ2) is 6.67. The molecule has 1 unspecified atom stereocenters. The monoisotopic (exact) mass is 271 g/mol. The molecule has 1 atom stereocenters. The number of amidine groups is 1. The molecule has 0 aliphatic rings. The second-order valence-corrected chi connectivity index (χ2v) is 3.95. The minimum Gasteiger partial charge on any atom is -0.409 e. The number of benzene rings is 1. The van der Waals surface area contributed by atoms with Crippen LogP contribution in [0.2, 0.25) is 0 Å². The summed E-state index contributed by atoms with van der Waals surface area (Å²) in [6, 6.07) is 3.35. The van der Waals surface area contributed by atoms with E-state index in [0.717, 1.165) is 12.1 Å². The van der Waals surface area contributed by atoms with Gasteiger partial charge < -0.3 is 16.3 Å². The first-order valence-corrected chi connectivity index (χ1v) is 5.68. The highest BCUT2D eigenvalue weighted by Crippen LogP contribution is 2.09. The summed E-state index contributed by atoms with van der Waals surface area (Å²) in [6.07, 6.45) is 0.361. The average Bonchev–Trinajstić information content (AvgIpc) is 2.40. The largest absolute Gasteiger partial charge is 0.409 e. The SMILES string of the molecule is CCC(C(=O)NCc1ccc(F)c(F)c1)C(N)=NO. The van der Waals surface area contributed by atoms with E-state index in [1.165, 1.54) is 6.07 Å². The summed E-state index contributed by atoms with van der Waals surface area (Å²) < 4.78 is 25.7. The first-order valence-electron chi connectivity index (χ1n) is 5.68. The first kappa shape index (κ1) is 14.9. The van der Waals surface area contributed by atoms with Crippen molar-refractivity contribution in [1.29, 1.82) is 0 Å². The van der Waals surface area contributed by atoms with Gasteiger partial charge in [-0.15, -0.1) is 0 Å². The number of carbonyl (C=O) groups is 1. The molecule has 5 nitrogen and oxygen atoms in total. The third kappa shape index (κ3) is 3.90. The fourth-order valence-electron chi connectivity index (χ4n) is 1.56. The van der Waals surface area contributed by atoms with Crippen LogP contribution in [0.5, 0.6) is 0 Å². The molecule has 1 aromatic rings. The van der Waals surface area contributed by atoms with Crippen molar-refractivity contribution in [3.05, 3.63) is 35.4 Å². The van der Waals surface area contributed by atoms with Crippen LogP contribution in [-0.2, 0) is 11.3 Å². The second-order valence-electron chi connectivity index (χ2n) is 3.95. The highest BCUT2D eigenvalue weighted by atomic mass is 19.2. The summed E-state index contributed by atoms with van der Waals surface area (Å²) >= 11 is 0. The van der Waals surface area contributed by atoms with Gasteiger partial charge in [0.1, 0.15) is 0 Å². The van der Waals surface area contributed by atoms with Crippen LogP contribution in [-0.4, -0.2) is 17.0 Å². The van der Waals surface area contributed by atoms with Crippen molar-refractivity contribution in [3.63, 3.8) is 0 Å². The summed E-state index contributed by atoms with van der Waals surface area (Å²) in [4.78, 5) is 11.7. The summed E-state index contributed by atoms with van der Waals surface area (Å²) in [7, 11) is 0. The van der Waals surface area contributed by atoms with Crippen LogP contribution in [0.25, 0.3) is 0 Å². The molecule has 0 saturated heterocycles. The number of amides is 1. The summed E-state index contributed by atoms with van der Waals surface area (Å²) in [5, 5.41) is 13.8. The van der Waals surface area contributed by atoms with E-state index in [1.54, 1.807) is 6.92 Å². The number of rotatable bonds is 5. The van der Waals surface area contributed by atoms with E-state index >= 15 is 0 Å². The van der Waals surface area contributed by atoms with Crippen molar-refractivity contribution in [3.8, 4) is 0 Å². The maximum Gasteiger partial charge on any atom is 0.231 e. The zero-order valence-electron chi connectivity index (χ0n) is 10.4. The van der Waals surface area contributed by atoms with Gasteiger partial charge in [0.25, 0.3) is 0 Å². The number of halogens is 2. The van der Waals surface area contributed by atoms with E-state index in [-0.39, 0.29) is 12.4 Å². The van der Waals surface area contributed by atoms with Gasteiger partial charge >= 0.3 is 0 Å². The number of nitrogens with one attached hydrogen (secondary N) is 1. The van der Waals surface area contributed by atoms with Crippen LogP contribution in [0.1, 0.15) is 18.9 Å². The zero-order valence-corrected chi connectivity index (χ0v) is 10.4. The molecule has 0 aliphatic carbocycles. The van der Waals surface area contributed by atoms with E-state index in [4.69, 9.17) is 10.9 Å². The molecule has 1 rings (SSSR count). The van der Waals surface area contributed by atoms with Gasteiger partial charge in [0.15, 0.2) is 17.5 Å². The lowest BCUT2D eigenvalue weighted by atomic mass is 10.0. The molecule has 0 spiro atoms. The molecule has 1 amide bonds. The fraction of sp³-hybridized carbons (Fsp3) is 0.333. The molecule has 7 heteroatoms. The molecule has 19 heavy (non-hydrogen) atoms. The average molecular weight is 271 g/mol. The number of carbonyl (C=O) groups excluding carboxylic acids is 1. The number of hydrogen-bond donors (Lipinski definition) is 3. The molecule has 0 aromatic heterocycles. The van der Waals surface area contributed by atoms with Crippen LogP contribution in [0, 0.1) is 17.6 Å². The van der Waals surface area contributed by atoms with E-state index in [1.807, 2.05) is 0 Å². The molecule has 0 bridgehead atoms. The van der Waals surface area contributed by atoms with Crippen LogP contribution in [0.4, 0.5) is 8.78 Å². The number of hydrogen-bond acceptors (Lipinski definition) is 3. The van der Waals surface area contributed by atoms with Gasteiger partial charge in [-0.1, -0.05) is 18.1 Å². The van der Waals surface area contributed by atoms with Gasteiger partial charge in [-0.2, -0.15) is 0 Å². The normalized spacial score (nSPS) is 13.1. The van der Waals surface area contributed by atoms with Crippen molar-refractivity contribution < 1.29 is 18.8 Å². The molecule has 0 radical (unpaired) electrons. The van der Waals surface area contributed by atoms with Crippen molar-refractivity contribution >= 4 is 11.7 Å². The summed E-state index contributed by atoms with van der Waals surface area (Å²) in [6.45, 7) is 1.74. The Bertz CT molecular complexity index is 492. The van der Waals surface area contributed by atoms with Crippen molar-refractivity contribution in [2.75, 3.05) is 0 Å². The third-order valence-electron chi connectivity index (χ3n) is 2.65. The van der Waals surface area contributed by atoms with E-state index in [0.29, 0.717) is 12.0 Å². The van der Waals surface area contributed by atoms with Crippen LogP contribution in [0.3, 0.4) is 0 Å². The Labute approximate surface area is 109 Å². The van der Waals surface area contributed by atoms with Gasteiger partial charge in [-0.05, 0) is 24.1 Å². The predicted octanol–water partition coefficient (Wildman–Crippen LogP) is 1.35. The van der Waals surface area contributed by atoms with E-state index < -0.39 is 23.5 Å². The van der Waals surface area contributed by atoms with Gasteiger partial charge in [0.2, 0.25) is 5.91 Å². The van der Waals surface area contributed by atoms with Crippen molar-refractivity contribution in [2.45, 2.75) is 19.9 Å². The number of nitrogens with two attached hydrogens (primary N) is 1. The van der Waals surface area contributed by atoms with Crippen molar-refractivity contribution in [2.24, 2.45) is 16.8 Å². The maximum absolute atomic E-state index is 13.0. The van der Waals surface area contributed by atoms with E-state index in [9.17, 15) is 13.6 Å². The Kier molecular flexibility index (Phi) is 5.23. The highest BCUT2D eigenvalue weighted by molar-refractivity contribution is 6.01. The fourth-order valence-corrected chi connectivity index (χ4v) is 1.56. The van der Waals surface area contributed by atoms with Gasteiger partial charge in [-0.25, -0.2) is 8.78 Å². The Morgan fingerprint density at radius 2 is 2.16 bits per heavy atom. The molecule has 0 heterocycles. The van der Waals surface area contributed by atoms with Crippen molar-refractivity contribution in [1.82, 2.24) is 5.32 Å². The highest BCUT2D eigenvalue weighted by Gasteiger charge is 2.20. The Morgan fingerprint density at radius 1 is 1.47 bits per heavy atom. The van der Waals surface area contributed by atoms with Crippen LogP contribution >= 0.6 is 0 Å². The smallest absolute Gasteiger partial charge is 0.231 e. The van der Waals surface area contributed by atoms with Crippen LogP contribution < -0.4 is 11.1 Å². The van der Waals surface area contributed by atoms with E-state index in [2.05, 4.69) is 10.5 Å². The lowest BCUT2D eigenvalue weighted by Gasteiger charge is -2.13. The predicted molar refractivity (Wildman–Crippen MR) is 65.4 cm³/mol. The Morgan fingerprint density at radius 3 is 2.68 bits per heavy atom. The Balaban J connectivity index is 2.65. The third-order valence-corrected chi connectivity index (χ3v) is 2.65. The van der Waals surface area contributed by atoms with Gasteiger partial charge in [-0.3, -0.25) is 4.79 Å². The topological polar surface area (TPSA) is 87.7 Å². The number of oxime groups is 1. The molecule has 104 valence electrons. The lowest BCUT2D eigenvalue weighted by Crippen LogP contribution is -2.38. The minimum atomic E-state index is -0.977. The summed E-state index contributed by atoms with van der Waals surface area (Å²) in [5.41, 5.74) is 5.79. The molecular weight excluding hydrogens is 256 g/mol. The lowest BCUT2D eigenvalue weighted by molar-refractivity contribution is -0.123. The van der Waals surface area contributed by atoms with Gasteiger partial charge in [0, 0.05) is 6.54 Å². The number of nitrogens with zero attached hydrogens (tertiary/aromatic N) is 1. The molecular formula is C12H15F2N3O2.